The molecule has 0 radical (unpaired) electrons. The Morgan fingerprint density at radius 2 is 2.00 bits per heavy atom. The van der Waals surface area contributed by atoms with Crippen molar-refractivity contribution < 1.29 is 19.1 Å². The summed E-state index contributed by atoms with van der Waals surface area (Å²) >= 11 is 9.34. The molecule has 0 saturated carbocycles. The summed E-state index contributed by atoms with van der Waals surface area (Å²) in [6, 6.07) is 14.5. The van der Waals surface area contributed by atoms with Crippen molar-refractivity contribution in [2.24, 2.45) is 5.92 Å². The molecule has 1 N–H and O–H groups in total. The summed E-state index contributed by atoms with van der Waals surface area (Å²) in [5, 5.41) is 2.96. The van der Waals surface area contributed by atoms with E-state index in [0.717, 1.165) is 10.0 Å². The van der Waals surface area contributed by atoms with Crippen molar-refractivity contribution in [3.8, 4) is 0 Å². The van der Waals surface area contributed by atoms with E-state index in [2.05, 4.69) is 21.2 Å². The first-order valence-electron chi connectivity index (χ1n) is 9.11. The van der Waals surface area contributed by atoms with Crippen molar-refractivity contribution >= 4 is 51.0 Å². The molecule has 1 aliphatic heterocycles. The average Bonchev–Trinajstić information content (AvgIpc) is 3.10. The van der Waals surface area contributed by atoms with Gasteiger partial charge in [-0.25, -0.2) is 0 Å². The van der Waals surface area contributed by atoms with Crippen LogP contribution in [0.25, 0.3) is 0 Å². The van der Waals surface area contributed by atoms with Gasteiger partial charge in [-0.15, -0.1) is 0 Å². The smallest absolute Gasteiger partial charge is 0.311 e. The number of hydrogen-bond acceptors (Lipinski definition) is 4. The molecular weight excluding hydrogens is 460 g/mol. The first-order valence-corrected chi connectivity index (χ1v) is 10.3. The van der Waals surface area contributed by atoms with Crippen LogP contribution in [0.1, 0.15) is 24.9 Å². The minimum absolute atomic E-state index is 0.0795. The molecule has 0 unspecified atom stereocenters. The van der Waals surface area contributed by atoms with Crippen molar-refractivity contribution in [2.45, 2.75) is 19.4 Å². The van der Waals surface area contributed by atoms with E-state index in [9.17, 15) is 14.4 Å². The molecule has 152 valence electrons. The third-order valence-corrected chi connectivity index (χ3v) is 5.60. The second-order valence-electron chi connectivity index (χ2n) is 6.81. The van der Waals surface area contributed by atoms with Gasteiger partial charge in [0.25, 0.3) is 5.91 Å². The maximum absolute atomic E-state index is 12.4. The SMILES string of the molecule is C[C@@H](c1ccccc1)N1C[C@@H](C(=O)OCC(=O)Nc2ccc(Br)cc2Cl)CC1=O. The van der Waals surface area contributed by atoms with Crippen LogP contribution < -0.4 is 5.32 Å². The van der Waals surface area contributed by atoms with Gasteiger partial charge in [-0.2, -0.15) is 0 Å². The van der Waals surface area contributed by atoms with Gasteiger partial charge in [0, 0.05) is 17.4 Å². The summed E-state index contributed by atoms with van der Waals surface area (Å²) in [4.78, 5) is 38.4. The van der Waals surface area contributed by atoms with Gasteiger partial charge in [0.1, 0.15) is 0 Å². The van der Waals surface area contributed by atoms with Crippen molar-refractivity contribution in [3.05, 3.63) is 63.6 Å². The Hall–Kier alpha value is -2.38. The molecule has 2 aromatic carbocycles. The van der Waals surface area contributed by atoms with Gasteiger partial charge in [0.2, 0.25) is 5.91 Å². The zero-order valence-electron chi connectivity index (χ0n) is 15.7. The minimum Gasteiger partial charge on any atom is -0.455 e. The van der Waals surface area contributed by atoms with Gasteiger partial charge in [-0.1, -0.05) is 57.9 Å². The van der Waals surface area contributed by atoms with Gasteiger partial charge in [0.15, 0.2) is 6.61 Å². The van der Waals surface area contributed by atoms with Crippen molar-refractivity contribution in [1.29, 1.82) is 0 Å². The molecule has 1 aliphatic rings. The summed E-state index contributed by atoms with van der Waals surface area (Å²) in [6.45, 7) is 1.76. The first kappa shape index (κ1) is 21.3. The number of halogens is 2. The molecule has 0 spiro atoms. The molecule has 2 aromatic rings. The van der Waals surface area contributed by atoms with E-state index in [1.165, 1.54) is 0 Å². The van der Waals surface area contributed by atoms with Gasteiger partial charge < -0.3 is 15.0 Å². The molecule has 2 atom stereocenters. The van der Waals surface area contributed by atoms with Crippen molar-refractivity contribution in [3.63, 3.8) is 0 Å². The van der Waals surface area contributed by atoms with Crippen LogP contribution in [0.3, 0.4) is 0 Å². The Labute approximate surface area is 182 Å². The number of esters is 1. The number of carbonyl (C=O) groups is 3. The fourth-order valence-electron chi connectivity index (χ4n) is 3.21. The van der Waals surface area contributed by atoms with Crippen LogP contribution in [0, 0.1) is 5.92 Å². The molecule has 29 heavy (non-hydrogen) atoms. The van der Waals surface area contributed by atoms with E-state index >= 15 is 0 Å². The van der Waals surface area contributed by atoms with E-state index in [1.807, 2.05) is 37.3 Å². The van der Waals surface area contributed by atoms with Crippen LogP contribution in [-0.2, 0) is 19.1 Å². The zero-order valence-corrected chi connectivity index (χ0v) is 18.1. The fraction of sp³-hybridized carbons (Fsp3) is 0.286. The maximum atomic E-state index is 12.4. The Bertz CT molecular complexity index is 922. The number of benzene rings is 2. The largest absolute Gasteiger partial charge is 0.455 e. The molecule has 6 nitrogen and oxygen atoms in total. The lowest BCUT2D eigenvalue weighted by atomic mass is 10.1. The van der Waals surface area contributed by atoms with Crippen molar-refractivity contribution in [2.75, 3.05) is 18.5 Å². The standard InChI is InChI=1S/C21H20BrClN2O4/c1-13(14-5-3-2-4-6-14)25-11-15(9-20(25)27)21(28)29-12-19(26)24-18-8-7-16(22)10-17(18)23/h2-8,10,13,15H,9,11-12H2,1H3,(H,24,26)/t13-,15-/m0/s1. The average molecular weight is 480 g/mol. The molecule has 0 bridgehead atoms. The van der Waals surface area contributed by atoms with Gasteiger partial charge in [-0.05, 0) is 30.7 Å². The number of rotatable bonds is 6. The summed E-state index contributed by atoms with van der Waals surface area (Å²) in [5.74, 6) is -1.74. The number of hydrogen-bond donors (Lipinski definition) is 1. The lowest BCUT2D eigenvalue weighted by Gasteiger charge is -2.25. The molecule has 3 rings (SSSR count). The monoisotopic (exact) mass is 478 g/mol. The predicted molar refractivity (Wildman–Crippen MR) is 113 cm³/mol. The van der Waals surface area contributed by atoms with E-state index in [0.29, 0.717) is 10.7 Å². The number of ether oxygens (including phenoxy) is 1. The summed E-state index contributed by atoms with van der Waals surface area (Å²) < 4.78 is 5.91. The first-order chi connectivity index (χ1) is 13.8. The highest BCUT2D eigenvalue weighted by atomic mass is 79.9. The fourth-order valence-corrected chi connectivity index (χ4v) is 3.93. The van der Waals surface area contributed by atoms with Gasteiger partial charge in [0.05, 0.1) is 22.7 Å². The van der Waals surface area contributed by atoms with Crippen LogP contribution in [0.5, 0.6) is 0 Å². The second kappa shape index (κ2) is 9.41. The van der Waals surface area contributed by atoms with E-state index < -0.39 is 24.4 Å². The number of carbonyl (C=O) groups excluding carboxylic acids is 3. The molecule has 0 aromatic heterocycles. The number of nitrogens with one attached hydrogen (secondary N) is 1. The van der Waals surface area contributed by atoms with Gasteiger partial charge in [-0.3, -0.25) is 14.4 Å². The van der Waals surface area contributed by atoms with E-state index in [-0.39, 0.29) is 24.9 Å². The van der Waals surface area contributed by atoms with Crippen LogP contribution >= 0.6 is 27.5 Å². The second-order valence-corrected chi connectivity index (χ2v) is 8.14. The molecule has 8 heteroatoms. The lowest BCUT2D eigenvalue weighted by molar-refractivity contribution is -0.151. The number of nitrogens with zero attached hydrogens (tertiary/aromatic N) is 1. The van der Waals surface area contributed by atoms with Crippen LogP contribution in [0.15, 0.2) is 53.0 Å². The molecule has 2 amide bonds. The van der Waals surface area contributed by atoms with Crippen molar-refractivity contribution in [1.82, 2.24) is 4.90 Å². The highest BCUT2D eigenvalue weighted by molar-refractivity contribution is 9.10. The Kier molecular flexibility index (Phi) is 6.92. The topological polar surface area (TPSA) is 75.7 Å². The molecule has 1 heterocycles. The summed E-state index contributed by atoms with van der Waals surface area (Å²) in [7, 11) is 0. The highest BCUT2D eigenvalue weighted by Crippen LogP contribution is 2.29. The molecule has 1 saturated heterocycles. The molecule has 1 fully saturated rings. The lowest BCUT2D eigenvalue weighted by Crippen LogP contribution is -2.30. The van der Waals surface area contributed by atoms with Gasteiger partial charge >= 0.3 is 5.97 Å². The number of anilines is 1. The maximum Gasteiger partial charge on any atom is 0.311 e. The predicted octanol–water partition coefficient (Wildman–Crippen LogP) is 4.19. The van der Waals surface area contributed by atoms with E-state index in [4.69, 9.17) is 16.3 Å². The normalized spacial score (nSPS) is 17.1. The van der Waals surface area contributed by atoms with Crippen LogP contribution in [0.2, 0.25) is 5.02 Å². The Morgan fingerprint density at radius 3 is 2.69 bits per heavy atom. The minimum atomic E-state index is -0.585. The molecular formula is C21H20BrClN2O4. The molecule has 0 aliphatic carbocycles. The zero-order chi connectivity index (χ0) is 21.0. The third kappa shape index (κ3) is 5.36. The third-order valence-electron chi connectivity index (χ3n) is 4.79. The Balaban J connectivity index is 1.52. The number of amides is 2. The summed E-state index contributed by atoms with van der Waals surface area (Å²) in [5.41, 5.74) is 1.43. The highest BCUT2D eigenvalue weighted by Gasteiger charge is 2.38. The number of likely N-dealkylation sites (tertiary alicyclic amines) is 1. The van der Waals surface area contributed by atoms with Crippen LogP contribution in [-0.4, -0.2) is 35.8 Å². The summed E-state index contributed by atoms with van der Waals surface area (Å²) in [6.07, 6.45) is 0.0795. The quantitative estimate of drug-likeness (QED) is 0.630. The van der Waals surface area contributed by atoms with Crippen LogP contribution in [0.4, 0.5) is 5.69 Å². The Morgan fingerprint density at radius 1 is 1.28 bits per heavy atom. The van der Waals surface area contributed by atoms with E-state index in [1.54, 1.807) is 23.1 Å².